The van der Waals surface area contributed by atoms with Crippen molar-refractivity contribution in [1.29, 1.82) is 0 Å². The molecule has 0 amide bonds. The van der Waals surface area contributed by atoms with Crippen molar-refractivity contribution in [3.63, 3.8) is 0 Å². The van der Waals surface area contributed by atoms with Crippen molar-refractivity contribution in [2.24, 2.45) is 0 Å². The molecule has 59 heavy (non-hydrogen) atoms. The topological polar surface area (TPSA) is 172 Å². The lowest BCUT2D eigenvalue weighted by Gasteiger charge is -2.28. The van der Waals surface area contributed by atoms with E-state index < -0.39 is 50.8 Å². The van der Waals surface area contributed by atoms with Gasteiger partial charge in [0.1, 0.15) is 19.8 Å². The molecule has 5 atom stereocenters. The van der Waals surface area contributed by atoms with E-state index in [0.29, 0.717) is 17.4 Å². The molecule has 5 unspecified atom stereocenters. The summed E-state index contributed by atoms with van der Waals surface area (Å²) in [6.07, 6.45) is 32.2. The molecule has 3 N–H and O–H groups in total. The van der Waals surface area contributed by atoms with Crippen LogP contribution in [-0.4, -0.2) is 104 Å². The monoisotopic (exact) mass is 858 g/mol. The first-order valence-electron chi connectivity index (χ1n) is 22.7. The van der Waals surface area contributed by atoms with Gasteiger partial charge in [-0.25, -0.2) is 0 Å². The van der Waals surface area contributed by atoms with Gasteiger partial charge < -0.3 is 43.2 Å². The lowest BCUT2D eigenvalue weighted by molar-refractivity contribution is -0.870. The third kappa shape index (κ3) is 39.7. The summed E-state index contributed by atoms with van der Waals surface area (Å²) in [6, 6.07) is 0. The average Bonchev–Trinajstić information content (AvgIpc) is 3.17. The number of unbranched alkanes of at least 4 members (excludes halogenated alkanes) is 16. The number of hydrogen-bond acceptors (Lipinski definition) is 11. The van der Waals surface area contributed by atoms with Gasteiger partial charge in [-0.3, -0.25) is 14.2 Å². The molecule has 0 aromatic carbocycles. The lowest BCUT2D eigenvalue weighted by Crippen LogP contribution is -2.37. The molecule has 0 aromatic rings. The van der Waals surface area contributed by atoms with Gasteiger partial charge in [-0.05, 0) is 25.7 Å². The highest BCUT2D eigenvalue weighted by Crippen LogP contribution is 2.38. The predicted molar refractivity (Wildman–Crippen MR) is 235 cm³/mol. The smallest absolute Gasteiger partial charge is 0.306 e. The zero-order valence-corrected chi connectivity index (χ0v) is 38.4. The van der Waals surface area contributed by atoms with Crippen LogP contribution in [0.1, 0.15) is 162 Å². The summed E-state index contributed by atoms with van der Waals surface area (Å²) in [6.45, 7) is 3.72. The first kappa shape index (κ1) is 56.9. The van der Waals surface area contributed by atoms with E-state index in [2.05, 4.69) is 13.8 Å². The fraction of sp³-hybridized carbons (Fsp3) is 0.783. The van der Waals surface area contributed by atoms with Gasteiger partial charge in [0, 0.05) is 12.8 Å². The normalized spacial score (nSPS) is 15.6. The van der Waals surface area contributed by atoms with Crippen molar-refractivity contribution >= 4 is 19.8 Å². The quantitative estimate of drug-likeness (QED) is 0.0177. The van der Waals surface area contributed by atoms with E-state index in [0.717, 1.165) is 44.9 Å². The zero-order chi connectivity index (χ0) is 44.0. The van der Waals surface area contributed by atoms with Gasteiger partial charge in [0.2, 0.25) is 0 Å². The number of allylic oxidation sites excluding steroid dienone is 6. The van der Waals surface area contributed by atoms with Crippen molar-refractivity contribution in [1.82, 2.24) is 0 Å². The fourth-order valence-electron chi connectivity index (χ4n) is 5.98. The van der Waals surface area contributed by atoms with Gasteiger partial charge in [-0.1, -0.05) is 172 Å². The molecule has 0 aliphatic carbocycles. The Balaban J connectivity index is 4.68. The van der Waals surface area contributed by atoms with Gasteiger partial charge in [0.15, 0.2) is 6.10 Å². The molecule has 344 valence electrons. The maximum Gasteiger partial charge on any atom is 0.306 e. The highest BCUT2D eigenvalue weighted by Gasteiger charge is 2.22. The molecule has 0 radical (unpaired) electrons. The van der Waals surface area contributed by atoms with Crippen LogP contribution in [0.5, 0.6) is 0 Å². The van der Waals surface area contributed by atoms with E-state index in [-0.39, 0.29) is 38.9 Å². The Kier molecular flexibility index (Phi) is 36.2. The number of phosphoric acid groups is 1. The third-order valence-corrected chi connectivity index (χ3v) is 10.7. The number of carbonyl (C=O) groups is 2. The van der Waals surface area contributed by atoms with Crippen LogP contribution in [0.2, 0.25) is 0 Å². The number of nitrogens with zero attached hydrogens (tertiary/aromatic N) is 1. The van der Waals surface area contributed by atoms with Crippen LogP contribution in [-0.2, 0) is 32.7 Å². The van der Waals surface area contributed by atoms with Gasteiger partial charge in [-0.15, -0.1) is 0 Å². The van der Waals surface area contributed by atoms with Crippen molar-refractivity contribution in [2.45, 2.75) is 186 Å². The summed E-state index contributed by atoms with van der Waals surface area (Å²) < 4.78 is 33.6. The van der Waals surface area contributed by atoms with E-state index in [1.165, 1.54) is 76.7 Å². The second-order valence-electron chi connectivity index (χ2n) is 16.6. The Morgan fingerprint density at radius 2 is 1.10 bits per heavy atom. The fourth-order valence-corrected chi connectivity index (χ4v) is 6.71. The number of carbonyl (C=O) groups excluding carboxylic acids is 2. The number of likely N-dealkylation sites (N-methyl/N-ethyl adjacent to an activating group) is 1. The Bertz CT molecular complexity index is 1200. The number of phosphoric ester groups is 1. The SMILES string of the molecule is CCCCCCCCCCCCCCCCCC(=O)OCC(COP(=O)([O-])OCC[N+](C)(C)C)OC(=O)CCCC(O)C(O)\C=C/C=C\C=C\C=C/C(O)CCCCC. The van der Waals surface area contributed by atoms with Crippen molar-refractivity contribution in [3.8, 4) is 0 Å². The number of rotatable bonds is 40. The number of aliphatic hydroxyl groups is 3. The zero-order valence-electron chi connectivity index (χ0n) is 37.5. The van der Waals surface area contributed by atoms with Crippen LogP contribution in [0.4, 0.5) is 0 Å². The third-order valence-electron chi connectivity index (χ3n) is 9.72. The second kappa shape index (κ2) is 37.6. The van der Waals surface area contributed by atoms with Gasteiger partial charge >= 0.3 is 11.9 Å². The average molecular weight is 858 g/mol. The minimum Gasteiger partial charge on any atom is -0.756 e. The highest BCUT2D eigenvalue weighted by molar-refractivity contribution is 7.45. The second-order valence-corrected chi connectivity index (χ2v) is 18.0. The van der Waals surface area contributed by atoms with E-state index in [1.807, 2.05) is 21.1 Å². The molecular formula is C46H84NO11P. The van der Waals surface area contributed by atoms with Gasteiger partial charge in [0.25, 0.3) is 7.82 Å². The molecule has 0 spiro atoms. The van der Waals surface area contributed by atoms with E-state index in [1.54, 1.807) is 42.5 Å². The van der Waals surface area contributed by atoms with E-state index in [9.17, 15) is 34.4 Å². The molecule has 13 heteroatoms. The standard InChI is InChI=1S/C46H84NO11P/c1-6-8-10-11-12-13-14-15-16-17-18-19-20-25-29-35-45(51)55-39-42(40-57-59(53,54)56-38-37-47(3,4)5)58-46(52)36-30-34-44(50)43(49)33-28-24-22-21-23-27-32-41(48)31-26-9-7-2/h21-24,27-28,32-33,41-44,48-50H,6-20,25-26,29-31,34-40H2,1-5H3/b23-21+,24-22-,32-27-,33-28-. The molecular weight excluding hydrogens is 773 g/mol. The summed E-state index contributed by atoms with van der Waals surface area (Å²) in [4.78, 5) is 37.6. The Morgan fingerprint density at radius 1 is 0.610 bits per heavy atom. The van der Waals surface area contributed by atoms with Crippen molar-refractivity contribution < 1.29 is 57.4 Å². The summed E-state index contributed by atoms with van der Waals surface area (Å²) in [5.74, 6) is -1.16. The van der Waals surface area contributed by atoms with E-state index >= 15 is 0 Å². The van der Waals surface area contributed by atoms with Crippen LogP contribution >= 0.6 is 7.82 Å². The van der Waals surface area contributed by atoms with Crippen LogP contribution in [0.25, 0.3) is 0 Å². The molecule has 0 saturated heterocycles. The molecule has 0 aromatic heterocycles. The number of ether oxygens (including phenoxy) is 2. The molecule has 0 bridgehead atoms. The van der Waals surface area contributed by atoms with Crippen LogP contribution < -0.4 is 4.89 Å². The van der Waals surface area contributed by atoms with Crippen LogP contribution in [0.15, 0.2) is 48.6 Å². The minimum absolute atomic E-state index is 0.0949. The first-order valence-corrected chi connectivity index (χ1v) is 24.1. The molecule has 12 nitrogen and oxygen atoms in total. The summed E-state index contributed by atoms with van der Waals surface area (Å²) in [5.41, 5.74) is 0. The number of esters is 2. The number of hydrogen-bond donors (Lipinski definition) is 3. The number of aliphatic hydroxyl groups excluding tert-OH is 3. The molecule has 0 fully saturated rings. The summed E-state index contributed by atoms with van der Waals surface area (Å²) >= 11 is 0. The molecule has 0 rings (SSSR count). The molecule has 0 heterocycles. The van der Waals surface area contributed by atoms with Crippen molar-refractivity contribution in [2.75, 3.05) is 47.5 Å². The first-order chi connectivity index (χ1) is 28.2. The van der Waals surface area contributed by atoms with Gasteiger partial charge in [0.05, 0.1) is 46.1 Å². The Hall–Kier alpha value is -2.15. The van der Waals surface area contributed by atoms with Gasteiger partial charge in [-0.2, -0.15) is 0 Å². The number of quaternary nitrogens is 1. The summed E-state index contributed by atoms with van der Waals surface area (Å²) in [5, 5.41) is 30.6. The maximum absolute atomic E-state index is 12.7. The summed E-state index contributed by atoms with van der Waals surface area (Å²) in [7, 11) is 0.948. The predicted octanol–water partition coefficient (Wildman–Crippen LogP) is 8.97. The lowest BCUT2D eigenvalue weighted by atomic mass is 10.0. The highest BCUT2D eigenvalue weighted by atomic mass is 31.2. The minimum atomic E-state index is -4.72. The Morgan fingerprint density at radius 3 is 1.66 bits per heavy atom. The van der Waals surface area contributed by atoms with E-state index in [4.69, 9.17) is 18.5 Å². The molecule has 0 saturated carbocycles. The molecule has 0 aliphatic heterocycles. The van der Waals surface area contributed by atoms with Crippen LogP contribution in [0, 0.1) is 0 Å². The Labute approximate surface area is 358 Å². The van der Waals surface area contributed by atoms with Crippen LogP contribution in [0.3, 0.4) is 0 Å². The maximum atomic E-state index is 12.7. The molecule has 0 aliphatic rings. The van der Waals surface area contributed by atoms with Crippen molar-refractivity contribution in [3.05, 3.63) is 48.6 Å². The largest absolute Gasteiger partial charge is 0.756 e.